The van der Waals surface area contributed by atoms with Crippen molar-refractivity contribution in [2.75, 3.05) is 24.5 Å². The molecule has 0 aromatic heterocycles. The zero-order valence-electron chi connectivity index (χ0n) is 10.6. The van der Waals surface area contributed by atoms with Gasteiger partial charge in [0.15, 0.2) is 0 Å². The zero-order valence-corrected chi connectivity index (χ0v) is 10.6. The maximum Gasteiger partial charge on any atom is 0.223 e. The minimum absolute atomic E-state index is 0.337. The van der Waals surface area contributed by atoms with Crippen molar-refractivity contribution in [1.82, 2.24) is 4.90 Å². The Balaban J connectivity index is 1.78. The van der Waals surface area contributed by atoms with Crippen molar-refractivity contribution in [2.45, 2.75) is 31.7 Å². The van der Waals surface area contributed by atoms with Crippen LogP contribution < -0.4 is 4.90 Å². The molecule has 0 saturated carbocycles. The fraction of sp³-hybridized carbons (Fsp3) is 0.533. The molecule has 0 radical (unpaired) electrons. The van der Waals surface area contributed by atoms with Crippen molar-refractivity contribution in [1.29, 1.82) is 0 Å². The Morgan fingerprint density at radius 3 is 2.89 bits per heavy atom. The Labute approximate surface area is 107 Å². The van der Waals surface area contributed by atoms with Gasteiger partial charge < -0.3 is 9.80 Å². The number of benzene rings is 1. The smallest absolute Gasteiger partial charge is 0.223 e. The van der Waals surface area contributed by atoms with Gasteiger partial charge in [-0.3, -0.25) is 4.79 Å². The van der Waals surface area contributed by atoms with E-state index in [-0.39, 0.29) is 0 Å². The van der Waals surface area contributed by atoms with Crippen LogP contribution in [0.15, 0.2) is 18.2 Å². The topological polar surface area (TPSA) is 23.6 Å². The first-order valence-corrected chi connectivity index (χ1v) is 7.01. The molecule has 1 aromatic rings. The molecule has 1 aromatic carbocycles. The van der Waals surface area contributed by atoms with Gasteiger partial charge in [0.2, 0.25) is 5.91 Å². The number of carbonyl (C=O) groups excluding carboxylic acids is 1. The number of para-hydroxylation sites is 1. The molecule has 1 fully saturated rings. The molecule has 94 valence electrons. The highest BCUT2D eigenvalue weighted by molar-refractivity contribution is 5.79. The number of hydrogen-bond donors (Lipinski definition) is 0. The van der Waals surface area contributed by atoms with E-state index < -0.39 is 0 Å². The van der Waals surface area contributed by atoms with Crippen LogP contribution in [0.2, 0.25) is 0 Å². The molecule has 0 aliphatic carbocycles. The molecular weight excluding hydrogens is 224 g/mol. The average molecular weight is 242 g/mol. The fourth-order valence-corrected chi connectivity index (χ4v) is 3.81. The summed E-state index contributed by atoms with van der Waals surface area (Å²) in [6.07, 6.45) is 4.05. The number of nitrogens with zero attached hydrogens (tertiary/aromatic N) is 2. The Hall–Kier alpha value is -1.51. The summed E-state index contributed by atoms with van der Waals surface area (Å²) in [5.41, 5.74) is 4.31. The average Bonchev–Trinajstić information content (AvgIpc) is 2.99. The molecule has 3 heterocycles. The quantitative estimate of drug-likeness (QED) is 0.753. The molecule has 1 atom stereocenters. The third kappa shape index (κ3) is 1.33. The van der Waals surface area contributed by atoms with E-state index in [0.29, 0.717) is 11.9 Å². The van der Waals surface area contributed by atoms with E-state index in [1.54, 1.807) is 0 Å². The molecule has 0 spiro atoms. The summed E-state index contributed by atoms with van der Waals surface area (Å²) in [7, 11) is 0. The third-order valence-electron chi connectivity index (χ3n) is 4.64. The Kier molecular flexibility index (Phi) is 2.16. The first-order valence-electron chi connectivity index (χ1n) is 7.01. The summed E-state index contributed by atoms with van der Waals surface area (Å²) in [4.78, 5) is 16.6. The van der Waals surface area contributed by atoms with E-state index in [9.17, 15) is 4.79 Å². The Bertz CT molecular complexity index is 511. The van der Waals surface area contributed by atoms with Crippen LogP contribution >= 0.6 is 0 Å². The summed E-state index contributed by atoms with van der Waals surface area (Å²) in [6.45, 7) is 3.22. The van der Waals surface area contributed by atoms with Crippen LogP contribution in [0.3, 0.4) is 0 Å². The highest BCUT2D eigenvalue weighted by atomic mass is 16.2. The maximum atomic E-state index is 12.0. The lowest BCUT2D eigenvalue weighted by Gasteiger charge is -2.37. The van der Waals surface area contributed by atoms with Gasteiger partial charge in [-0.2, -0.15) is 0 Å². The van der Waals surface area contributed by atoms with Gasteiger partial charge in [-0.25, -0.2) is 0 Å². The second-order valence-corrected chi connectivity index (χ2v) is 5.59. The van der Waals surface area contributed by atoms with Crippen molar-refractivity contribution >= 4 is 11.6 Å². The summed E-state index contributed by atoms with van der Waals surface area (Å²) in [6, 6.07) is 6.97. The number of hydrogen-bond acceptors (Lipinski definition) is 2. The molecule has 3 nitrogen and oxygen atoms in total. The van der Waals surface area contributed by atoms with Gasteiger partial charge in [-0.15, -0.1) is 0 Å². The molecule has 1 unspecified atom stereocenters. The second-order valence-electron chi connectivity index (χ2n) is 5.59. The largest absolute Gasteiger partial charge is 0.371 e. The minimum atomic E-state index is 0.337. The van der Waals surface area contributed by atoms with Crippen LogP contribution in [0, 0.1) is 0 Å². The predicted octanol–water partition coefficient (Wildman–Crippen LogP) is 2.12. The molecule has 4 rings (SSSR count). The van der Waals surface area contributed by atoms with Gasteiger partial charge in [0.05, 0.1) is 6.04 Å². The molecule has 3 aliphatic rings. The van der Waals surface area contributed by atoms with Crippen molar-refractivity contribution in [3.8, 4) is 0 Å². The van der Waals surface area contributed by atoms with Gasteiger partial charge >= 0.3 is 0 Å². The van der Waals surface area contributed by atoms with Gasteiger partial charge in [0.1, 0.15) is 0 Å². The molecule has 0 N–H and O–H groups in total. The van der Waals surface area contributed by atoms with Gasteiger partial charge in [0.25, 0.3) is 0 Å². The lowest BCUT2D eigenvalue weighted by molar-refractivity contribution is -0.130. The van der Waals surface area contributed by atoms with Crippen LogP contribution in [-0.2, 0) is 11.2 Å². The molecule has 1 amide bonds. The molecule has 3 aliphatic heterocycles. The van der Waals surface area contributed by atoms with E-state index in [1.165, 1.54) is 23.2 Å². The normalized spacial score (nSPS) is 25.8. The summed E-state index contributed by atoms with van der Waals surface area (Å²) in [5.74, 6) is 0.351. The van der Waals surface area contributed by atoms with Crippen molar-refractivity contribution in [2.24, 2.45) is 0 Å². The number of carbonyl (C=O) groups is 1. The maximum absolute atomic E-state index is 12.0. The number of anilines is 1. The van der Waals surface area contributed by atoms with Crippen molar-refractivity contribution < 1.29 is 4.79 Å². The Morgan fingerprint density at radius 1 is 1.11 bits per heavy atom. The lowest BCUT2D eigenvalue weighted by Crippen LogP contribution is -2.37. The van der Waals surface area contributed by atoms with Gasteiger partial charge in [-0.1, -0.05) is 18.2 Å². The highest BCUT2D eigenvalue weighted by Crippen LogP contribution is 2.43. The van der Waals surface area contributed by atoms with Crippen LogP contribution in [0.4, 0.5) is 5.69 Å². The molecule has 18 heavy (non-hydrogen) atoms. The highest BCUT2D eigenvalue weighted by Gasteiger charge is 2.36. The van der Waals surface area contributed by atoms with Crippen LogP contribution in [0.25, 0.3) is 0 Å². The number of amides is 1. The van der Waals surface area contributed by atoms with E-state index in [0.717, 1.165) is 38.9 Å². The SMILES string of the molecule is O=C1CCCN1C1CCN2CCc3cccc1c32. The summed E-state index contributed by atoms with van der Waals surface area (Å²) >= 11 is 0. The first-order chi connectivity index (χ1) is 8.84. The molecular formula is C15H18N2O. The molecule has 0 bridgehead atoms. The summed E-state index contributed by atoms with van der Waals surface area (Å²) < 4.78 is 0. The van der Waals surface area contributed by atoms with E-state index in [4.69, 9.17) is 0 Å². The number of likely N-dealkylation sites (tertiary alicyclic amines) is 1. The first kappa shape index (κ1) is 10.4. The van der Waals surface area contributed by atoms with Gasteiger partial charge in [-0.05, 0) is 30.4 Å². The monoisotopic (exact) mass is 242 g/mol. The number of rotatable bonds is 1. The fourth-order valence-electron chi connectivity index (χ4n) is 3.81. The van der Waals surface area contributed by atoms with E-state index in [2.05, 4.69) is 28.0 Å². The zero-order chi connectivity index (χ0) is 12.1. The van der Waals surface area contributed by atoms with Crippen LogP contribution in [0.1, 0.15) is 36.4 Å². The Morgan fingerprint density at radius 2 is 2.06 bits per heavy atom. The van der Waals surface area contributed by atoms with Crippen LogP contribution in [0.5, 0.6) is 0 Å². The van der Waals surface area contributed by atoms with Gasteiger partial charge in [0, 0.05) is 31.7 Å². The van der Waals surface area contributed by atoms with Crippen molar-refractivity contribution in [3.63, 3.8) is 0 Å². The predicted molar refractivity (Wildman–Crippen MR) is 70.7 cm³/mol. The standard InChI is InChI=1S/C15H18N2O/c18-14-5-2-8-17(14)13-7-10-16-9-6-11-3-1-4-12(13)15(11)16/h1,3-4,13H,2,5-10H2. The molecule has 1 saturated heterocycles. The summed E-state index contributed by atoms with van der Waals surface area (Å²) in [5, 5.41) is 0. The second kappa shape index (κ2) is 3.74. The molecule has 3 heteroatoms. The van der Waals surface area contributed by atoms with E-state index in [1.807, 2.05) is 0 Å². The van der Waals surface area contributed by atoms with Crippen LogP contribution in [-0.4, -0.2) is 30.4 Å². The minimum Gasteiger partial charge on any atom is -0.371 e. The van der Waals surface area contributed by atoms with Crippen molar-refractivity contribution in [3.05, 3.63) is 29.3 Å². The van der Waals surface area contributed by atoms with E-state index >= 15 is 0 Å². The lowest BCUT2D eigenvalue weighted by atomic mass is 9.94. The third-order valence-corrected chi connectivity index (χ3v) is 4.64.